The highest BCUT2D eigenvalue weighted by atomic mass is 79.9. The van der Waals surface area contributed by atoms with Crippen molar-refractivity contribution in [2.75, 3.05) is 6.54 Å². The van der Waals surface area contributed by atoms with Crippen LogP contribution >= 0.6 is 15.9 Å². The first kappa shape index (κ1) is 20.2. The van der Waals surface area contributed by atoms with Gasteiger partial charge in [0.05, 0.1) is 5.52 Å². The molecule has 0 saturated carbocycles. The molecule has 0 bridgehead atoms. The minimum Gasteiger partial charge on any atom is -0.493 e. The minimum atomic E-state index is -0.707. The highest BCUT2D eigenvalue weighted by Crippen LogP contribution is 2.38. The van der Waals surface area contributed by atoms with E-state index in [1.54, 1.807) is 48.5 Å². The fourth-order valence-corrected chi connectivity index (χ4v) is 2.95. The number of para-hydroxylation sites is 1. The first-order valence-electron chi connectivity index (χ1n) is 8.43. The minimum absolute atomic E-state index is 0.0365. The zero-order chi connectivity index (χ0) is 21.0. The normalized spacial score (nSPS) is 11.1. The summed E-state index contributed by atoms with van der Waals surface area (Å²) < 4.78 is 2.11. The molecule has 29 heavy (non-hydrogen) atoms. The second kappa shape index (κ2) is 8.65. The molecule has 0 fully saturated rings. The molecule has 3 amide bonds. The van der Waals surface area contributed by atoms with Crippen LogP contribution in [0.3, 0.4) is 0 Å². The van der Waals surface area contributed by atoms with Crippen LogP contribution in [0.1, 0.15) is 10.4 Å². The maximum Gasteiger partial charge on any atom is 0.283 e. The van der Waals surface area contributed by atoms with Crippen LogP contribution in [0, 0.1) is 0 Å². The fraction of sp³-hybridized carbons (Fsp3) is 0.105. The van der Waals surface area contributed by atoms with E-state index in [-0.39, 0.29) is 24.7 Å². The van der Waals surface area contributed by atoms with Gasteiger partial charge in [0.25, 0.3) is 11.8 Å². The van der Waals surface area contributed by atoms with Crippen molar-refractivity contribution >= 4 is 50.2 Å². The number of amides is 3. The lowest BCUT2D eigenvalue weighted by atomic mass is 10.2. The SMILES string of the molecule is NC(=O)Cn1c(O)c(N=NC(=O)CNC(=O)c2ccc(Br)cc2)c2ccccc21. The molecule has 1 heterocycles. The van der Waals surface area contributed by atoms with Gasteiger partial charge in [0.1, 0.15) is 13.1 Å². The molecule has 0 atom stereocenters. The number of azo groups is 1. The Kier molecular flexibility index (Phi) is 6.03. The van der Waals surface area contributed by atoms with E-state index < -0.39 is 17.7 Å². The summed E-state index contributed by atoms with van der Waals surface area (Å²) in [5.41, 5.74) is 6.17. The van der Waals surface area contributed by atoms with E-state index >= 15 is 0 Å². The fourth-order valence-electron chi connectivity index (χ4n) is 2.69. The number of hydrogen-bond acceptors (Lipinski definition) is 5. The number of carbonyl (C=O) groups excluding carboxylic acids is 3. The van der Waals surface area contributed by atoms with Crippen molar-refractivity contribution in [2.24, 2.45) is 16.0 Å². The number of nitrogens with two attached hydrogens (primary N) is 1. The average molecular weight is 458 g/mol. The summed E-state index contributed by atoms with van der Waals surface area (Å²) in [5.74, 6) is -2.11. The molecule has 0 aliphatic rings. The van der Waals surface area contributed by atoms with E-state index in [1.165, 1.54) is 4.57 Å². The molecule has 9 nitrogen and oxygen atoms in total. The third-order valence-electron chi connectivity index (χ3n) is 4.00. The second-order valence-electron chi connectivity index (χ2n) is 6.03. The third kappa shape index (κ3) is 4.66. The lowest BCUT2D eigenvalue weighted by molar-refractivity contribution is -0.119. The smallest absolute Gasteiger partial charge is 0.283 e. The van der Waals surface area contributed by atoms with Gasteiger partial charge in [0.2, 0.25) is 11.8 Å². The van der Waals surface area contributed by atoms with E-state index in [2.05, 4.69) is 31.5 Å². The number of nitrogens with zero attached hydrogens (tertiary/aromatic N) is 3. The molecule has 0 saturated heterocycles. The van der Waals surface area contributed by atoms with Crippen LogP contribution in [0.2, 0.25) is 0 Å². The molecule has 1 aromatic heterocycles. The van der Waals surface area contributed by atoms with Gasteiger partial charge < -0.3 is 20.7 Å². The lowest BCUT2D eigenvalue weighted by Gasteiger charge is -2.03. The van der Waals surface area contributed by atoms with Gasteiger partial charge in [-0.05, 0) is 30.3 Å². The van der Waals surface area contributed by atoms with Crippen molar-refractivity contribution in [3.8, 4) is 5.88 Å². The zero-order valence-corrected chi connectivity index (χ0v) is 16.6. The number of hydrogen-bond donors (Lipinski definition) is 3. The molecule has 3 aromatic rings. The zero-order valence-electron chi connectivity index (χ0n) is 15.0. The Bertz CT molecular complexity index is 1120. The maximum absolute atomic E-state index is 12.0. The van der Waals surface area contributed by atoms with E-state index in [1.807, 2.05) is 0 Å². The van der Waals surface area contributed by atoms with Crippen molar-refractivity contribution in [3.63, 3.8) is 0 Å². The number of aromatic hydroxyl groups is 1. The molecule has 0 aliphatic heterocycles. The van der Waals surface area contributed by atoms with Crippen LogP contribution in [0.5, 0.6) is 5.88 Å². The van der Waals surface area contributed by atoms with E-state index in [0.717, 1.165) is 4.47 Å². The summed E-state index contributed by atoms with van der Waals surface area (Å²) in [5, 5.41) is 20.7. The number of fused-ring (bicyclic) bond motifs is 1. The number of primary amides is 1. The van der Waals surface area contributed by atoms with Crippen molar-refractivity contribution in [1.29, 1.82) is 0 Å². The highest BCUT2D eigenvalue weighted by Gasteiger charge is 2.18. The highest BCUT2D eigenvalue weighted by molar-refractivity contribution is 9.10. The van der Waals surface area contributed by atoms with Crippen LogP contribution in [-0.4, -0.2) is 33.9 Å². The average Bonchev–Trinajstić information content (AvgIpc) is 2.96. The van der Waals surface area contributed by atoms with Crippen LogP contribution in [0.25, 0.3) is 10.9 Å². The van der Waals surface area contributed by atoms with Crippen molar-refractivity contribution in [3.05, 3.63) is 58.6 Å². The summed E-state index contributed by atoms with van der Waals surface area (Å²) >= 11 is 3.28. The van der Waals surface area contributed by atoms with Gasteiger partial charge in [-0.2, -0.15) is 0 Å². The molecule has 2 aromatic carbocycles. The van der Waals surface area contributed by atoms with Crippen LogP contribution in [-0.2, 0) is 16.1 Å². The molecular formula is C19H16BrN5O4. The number of rotatable bonds is 6. The molecular weight excluding hydrogens is 442 g/mol. The van der Waals surface area contributed by atoms with Gasteiger partial charge in [-0.1, -0.05) is 34.1 Å². The first-order chi connectivity index (χ1) is 13.9. The predicted octanol–water partition coefficient (Wildman–Crippen LogP) is 2.63. The summed E-state index contributed by atoms with van der Waals surface area (Å²) in [6.45, 7) is -0.613. The molecule has 10 heteroatoms. The number of benzene rings is 2. The number of aromatic nitrogens is 1. The lowest BCUT2D eigenvalue weighted by Crippen LogP contribution is -2.28. The molecule has 0 aliphatic carbocycles. The van der Waals surface area contributed by atoms with Gasteiger partial charge in [-0.15, -0.1) is 10.2 Å². The van der Waals surface area contributed by atoms with Crippen molar-refractivity contribution in [1.82, 2.24) is 9.88 Å². The Morgan fingerprint density at radius 2 is 1.79 bits per heavy atom. The Labute approximate surface area is 173 Å². The number of nitrogens with one attached hydrogen (secondary N) is 1. The summed E-state index contributed by atoms with van der Waals surface area (Å²) in [4.78, 5) is 35.3. The van der Waals surface area contributed by atoms with Crippen LogP contribution in [0.4, 0.5) is 5.69 Å². The van der Waals surface area contributed by atoms with Gasteiger partial charge in [0.15, 0.2) is 5.69 Å². The quantitative estimate of drug-likeness (QED) is 0.489. The number of halogens is 1. The van der Waals surface area contributed by atoms with E-state index in [0.29, 0.717) is 16.5 Å². The molecule has 0 unspecified atom stereocenters. The Hall–Kier alpha value is -3.53. The largest absolute Gasteiger partial charge is 0.493 e. The predicted molar refractivity (Wildman–Crippen MR) is 109 cm³/mol. The maximum atomic E-state index is 12.0. The molecule has 148 valence electrons. The molecule has 0 radical (unpaired) electrons. The van der Waals surface area contributed by atoms with E-state index in [4.69, 9.17) is 5.73 Å². The van der Waals surface area contributed by atoms with Crippen molar-refractivity contribution in [2.45, 2.75) is 6.54 Å². The van der Waals surface area contributed by atoms with E-state index in [9.17, 15) is 19.5 Å². The van der Waals surface area contributed by atoms with Gasteiger partial charge >= 0.3 is 0 Å². The van der Waals surface area contributed by atoms with Gasteiger partial charge in [-0.25, -0.2) is 0 Å². The Balaban J connectivity index is 1.74. The number of carbonyl (C=O) groups is 3. The van der Waals surface area contributed by atoms with Crippen LogP contribution < -0.4 is 11.1 Å². The summed E-state index contributed by atoms with van der Waals surface area (Å²) in [7, 11) is 0. The van der Waals surface area contributed by atoms with Gasteiger partial charge in [0, 0.05) is 15.4 Å². The Morgan fingerprint density at radius 3 is 2.48 bits per heavy atom. The summed E-state index contributed by atoms with van der Waals surface area (Å²) in [6.07, 6.45) is 0. The van der Waals surface area contributed by atoms with Crippen molar-refractivity contribution < 1.29 is 19.5 Å². The third-order valence-corrected chi connectivity index (χ3v) is 4.53. The standard InChI is InChI=1S/C19H16BrN5O4/c20-12-7-5-11(6-8-12)18(28)22-9-16(27)23-24-17-13-3-1-2-4-14(13)25(19(17)29)10-15(21)26/h1-8,29H,9-10H2,(H2,21,26)(H,22,28). The Morgan fingerprint density at radius 1 is 1.10 bits per heavy atom. The van der Waals surface area contributed by atoms with Gasteiger partial charge in [-0.3, -0.25) is 14.4 Å². The topological polar surface area (TPSA) is 139 Å². The second-order valence-corrected chi connectivity index (χ2v) is 6.94. The first-order valence-corrected chi connectivity index (χ1v) is 9.23. The molecule has 0 spiro atoms. The monoisotopic (exact) mass is 457 g/mol. The van der Waals surface area contributed by atoms with Crippen LogP contribution in [0.15, 0.2) is 63.2 Å². The molecule has 3 rings (SSSR count). The molecule has 4 N–H and O–H groups in total. The summed E-state index contributed by atoms with van der Waals surface area (Å²) in [6, 6.07) is 13.4.